The molecule has 9 heteroatoms. The van der Waals surface area contributed by atoms with Gasteiger partial charge in [-0.3, -0.25) is 9.59 Å². The van der Waals surface area contributed by atoms with Crippen molar-refractivity contribution >= 4 is 46.0 Å². The van der Waals surface area contributed by atoms with Gasteiger partial charge in [-0.15, -0.1) is 0 Å². The molecule has 0 bridgehead atoms. The molecule has 7 nitrogen and oxygen atoms in total. The topological polar surface area (TPSA) is 104 Å². The Labute approximate surface area is 202 Å². The fourth-order valence-electron chi connectivity index (χ4n) is 4.30. The molecule has 0 radical (unpaired) electrons. The fourth-order valence-corrected chi connectivity index (χ4v) is 4.73. The lowest BCUT2D eigenvalue weighted by Gasteiger charge is -2.24. The molecule has 2 aromatic carbocycles. The van der Waals surface area contributed by atoms with Crippen LogP contribution in [-0.4, -0.2) is 45.8 Å². The maximum atomic E-state index is 13.0. The van der Waals surface area contributed by atoms with Crippen molar-refractivity contribution in [2.24, 2.45) is 5.73 Å². The van der Waals surface area contributed by atoms with Crippen LogP contribution in [0.3, 0.4) is 0 Å². The van der Waals surface area contributed by atoms with Crippen LogP contribution in [0, 0.1) is 0 Å². The highest BCUT2D eigenvalue weighted by atomic mass is 35.5. The average molecular weight is 488 g/mol. The number of rotatable bonds is 7. The van der Waals surface area contributed by atoms with Crippen LogP contribution in [0.25, 0.3) is 11.0 Å². The van der Waals surface area contributed by atoms with Gasteiger partial charge in [-0.05, 0) is 55.7 Å². The molecule has 1 aliphatic heterocycles. The van der Waals surface area contributed by atoms with Crippen molar-refractivity contribution in [3.63, 3.8) is 0 Å². The number of halogens is 2. The maximum Gasteiger partial charge on any atom is 0.255 e. The number of nitrogens with two attached hydrogens (primary N) is 1. The van der Waals surface area contributed by atoms with E-state index in [2.05, 4.69) is 15.3 Å². The number of nitrogens with zero attached hydrogens (tertiary/aromatic N) is 2. The number of aromatic amines is 1. The zero-order valence-electron chi connectivity index (χ0n) is 18.4. The molecule has 2 heterocycles. The molecule has 0 unspecified atom stereocenters. The number of likely N-dealkylation sites (tertiary alicyclic amines) is 1. The quantitative estimate of drug-likeness (QED) is 0.448. The molecule has 4 N–H and O–H groups in total. The third kappa shape index (κ3) is 5.00. The Balaban J connectivity index is 1.52. The highest BCUT2D eigenvalue weighted by molar-refractivity contribution is 6.34. The molecule has 33 heavy (non-hydrogen) atoms. The van der Waals surface area contributed by atoms with Crippen molar-refractivity contribution in [3.05, 3.63) is 63.4 Å². The lowest BCUT2D eigenvalue weighted by atomic mass is 10.1. The van der Waals surface area contributed by atoms with Crippen LogP contribution in [0.1, 0.15) is 65.2 Å². The summed E-state index contributed by atoms with van der Waals surface area (Å²) in [6.07, 6.45) is 3.39. The lowest BCUT2D eigenvalue weighted by molar-refractivity contribution is 0.0740. The van der Waals surface area contributed by atoms with Crippen LogP contribution in [0.15, 0.2) is 36.4 Å². The Morgan fingerprint density at radius 3 is 2.82 bits per heavy atom. The minimum atomic E-state index is -0.302. The Bertz CT molecular complexity index is 1180. The second-order valence-corrected chi connectivity index (χ2v) is 9.17. The molecular formula is C24H27Cl2N5O2. The summed E-state index contributed by atoms with van der Waals surface area (Å²) in [5.41, 5.74) is 8.17. The smallest absolute Gasteiger partial charge is 0.255 e. The first kappa shape index (κ1) is 23.5. The second kappa shape index (κ2) is 10.1. The van der Waals surface area contributed by atoms with E-state index in [4.69, 9.17) is 28.9 Å². The summed E-state index contributed by atoms with van der Waals surface area (Å²) < 4.78 is 0. The van der Waals surface area contributed by atoms with Gasteiger partial charge in [-0.2, -0.15) is 0 Å². The predicted octanol–water partition coefficient (Wildman–Crippen LogP) is 4.70. The number of carbonyl (C=O) groups excluding carboxylic acids is 2. The van der Waals surface area contributed by atoms with Crippen molar-refractivity contribution < 1.29 is 9.59 Å². The van der Waals surface area contributed by atoms with E-state index in [1.54, 1.807) is 35.2 Å². The molecular weight excluding hydrogens is 461 g/mol. The molecule has 174 valence electrons. The largest absolute Gasteiger partial charge is 0.342 e. The van der Waals surface area contributed by atoms with E-state index in [-0.39, 0.29) is 28.9 Å². The van der Waals surface area contributed by atoms with Crippen LogP contribution >= 0.6 is 23.2 Å². The van der Waals surface area contributed by atoms with Crippen LogP contribution in [-0.2, 0) is 0 Å². The number of H-pyrrole nitrogens is 1. The molecule has 0 aliphatic carbocycles. The summed E-state index contributed by atoms with van der Waals surface area (Å²) in [4.78, 5) is 35.6. The standard InChI is InChI=1S/C24H27Cl2N5O2/c1-2-4-20(22-28-19-9-7-15(25)12-21(19)29-22)30-23(32)14-6-8-17(18(26)11-14)24(33)31-10-3-5-16(31)13-27/h6-9,11-12,16,20H,2-5,10,13,27H2,1H3,(H,28,29)(H,30,32)/t16-,20+/m1/s1. The highest BCUT2D eigenvalue weighted by Gasteiger charge is 2.29. The number of hydrogen-bond donors (Lipinski definition) is 3. The summed E-state index contributed by atoms with van der Waals surface area (Å²) in [5, 5.41) is 3.89. The van der Waals surface area contributed by atoms with Gasteiger partial charge >= 0.3 is 0 Å². The number of hydrogen-bond acceptors (Lipinski definition) is 4. The van der Waals surface area contributed by atoms with Gasteiger partial charge in [0.2, 0.25) is 0 Å². The molecule has 1 aliphatic rings. The van der Waals surface area contributed by atoms with E-state index in [9.17, 15) is 9.59 Å². The van der Waals surface area contributed by atoms with Crippen molar-refractivity contribution in [3.8, 4) is 0 Å². The Kier molecular flexibility index (Phi) is 7.22. The Morgan fingerprint density at radius 1 is 1.27 bits per heavy atom. The first-order valence-corrected chi connectivity index (χ1v) is 11.9. The van der Waals surface area contributed by atoms with Gasteiger partial charge in [-0.1, -0.05) is 36.5 Å². The minimum Gasteiger partial charge on any atom is -0.342 e. The Hall–Kier alpha value is -2.61. The summed E-state index contributed by atoms with van der Waals surface area (Å²) in [5.74, 6) is 0.237. The van der Waals surface area contributed by atoms with E-state index in [0.29, 0.717) is 41.5 Å². The molecule has 1 saturated heterocycles. The molecule has 1 fully saturated rings. The first-order valence-electron chi connectivity index (χ1n) is 11.2. The summed E-state index contributed by atoms with van der Waals surface area (Å²) >= 11 is 12.5. The van der Waals surface area contributed by atoms with Crippen molar-refractivity contribution in [2.75, 3.05) is 13.1 Å². The van der Waals surface area contributed by atoms with E-state index < -0.39 is 0 Å². The molecule has 0 spiro atoms. The van der Waals surface area contributed by atoms with Crippen molar-refractivity contribution in [1.82, 2.24) is 20.2 Å². The van der Waals surface area contributed by atoms with Gasteiger partial charge in [0.05, 0.1) is 27.7 Å². The maximum absolute atomic E-state index is 13.0. The Morgan fingerprint density at radius 2 is 2.09 bits per heavy atom. The van der Waals surface area contributed by atoms with Crippen LogP contribution in [0.5, 0.6) is 0 Å². The minimum absolute atomic E-state index is 0.0324. The van der Waals surface area contributed by atoms with E-state index in [0.717, 1.165) is 30.3 Å². The van der Waals surface area contributed by atoms with E-state index >= 15 is 0 Å². The summed E-state index contributed by atoms with van der Waals surface area (Å²) in [6.45, 7) is 3.14. The van der Waals surface area contributed by atoms with Crippen LogP contribution < -0.4 is 11.1 Å². The third-order valence-electron chi connectivity index (χ3n) is 6.05. The number of fused-ring (bicyclic) bond motifs is 1. The normalized spacial score (nSPS) is 16.8. The van der Waals surface area contributed by atoms with Crippen molar-refractivity contribution in [2.45, 2.75) is 44.7 Å². The highest BCUT2D eigenvalue weighted by Crippen LogP contribution is 2.26. The van der Waals surface area contributed by atoms with E-state index in [1.165, 1.54) is 0 Å². The van der Waals surface area contributed by atoms with Gasteiger partial charge in [0, 0.05) is 29.7 Å². The zero-order valence-corrected chi connectivity index (χ0v) is 19.9. The SMILES string of the molecule is CCC[C@H](NC(=O)c1ccc(C(=O)N2CCC[C@@H]2CN)c(Cl)c1)c1nc2cc(Cl)ccc2[nH]1. The van der Waals surface area contributed by atoms with Crippen LogP contribution in [0.4, 0.5) is 0 Å². The molecule has 2 amide bonds. The van der Waals surface area contributed by atoms with Gasteiger partial charge in [0.15, 0.2) is 0 Å². The predicted molar refractivity (Wildman–Crippen MR) is 131 cm³/mol. The molecule has 3 aromatic rings. The number of amides is 2. The molecule has 2 atom stereocenters. The van der Waals surface area contributed by atoms with Crippen molar-refractivity contribution in [1.29, 1.82) is 0 Å². The fraction of sp³-hybridized carbons (Fsp3) is 0.375. The number of nitrogens with one attached hydrogen (secondary N) is 2. The summed E-state index contributed by atoms with van der Waals surface area (Å²) in [6, 6.07) is 9.96. The number of aromatic nitrogens is 2. The molecule has 4 rings (SSSR count). The van der Waals surface area contributed by atoms with Gasteiger partial charge in [0.25, 0.3) is 11.8 Å². The third-order valence-corrected chi connectivity index (χ3v) is 6.60. The first-order chi connectivity index (χ1) is 15.9. The monoisotopic (exact) mass is 487 g/mol. The van der Waals surface area contributed by atoms with Crippen LogP contribution in [0.2, 0.25) is 10.0 Å². The van der Waals surface area contributed by atoms with Gasteiger partial charge in [-0.25, -0.2) is 4.98 Å². The number of carbonyl (C=O) groups is 2. The lowest BCUT2D eigenvalue weighted by Crippen LogP contribution is -2.40. The zero-order chi connectivity index (χ0) is 23.5. The molecule has 0 saturated carbocycles. The number of benzene rings is 2. The van der Waals surface area contributed by atoms with Gasteiger partial charge in [0.1, 0.15) is 5.82 Å². The van der Waals surface area contributed by atoms with E-state index in [1.807, 2.05) is 13.0 Å². The number of imidazole rings is 1. The average Bonchev–Trinajstić information content (AvgIpc) is 3.44. The second-order valence-electron chi connectivity index (χ2n) is 8.32. The van der Waals surface area contributed by atoms with Gasteiger partial charge < -0.3 is 20.9 Å². The molecule has 1 aromatic heterocycles. The summed E-state index contributed by atoms with van der Waals surface area (Å²) in [7, 11) is 0.